The smallest absolute Gasteiger partial charge is 0.463 e. The van der Waals surface area contributed by atoms with Crippen molar-refractivity contribution in [3.05, 3.63) is 12.2 Å². The second-order valence-corrected chi connectivity index (χ2v) is 13.3. The number of carbonyl (C=O) groups excluding carboxylic acids is 2. The Morgan fingerprint density at radius 3 is 1.70 bits per heavy atom. The molecule has 0 heterocycles. The molecule has 0 aliphatic carbocycles. The first-order chi connectivity index (χ1) is 21.3. The van der Waals surface area contributed by atoms with Gasteiger partial charge in [-0.15, -0.1) is 0 Å². The lowest BCUT2D eigenvalue weighted by molar-refractivity contribution is -0.147. The summed E-state index contributed by atoms with van der Waals surface area (Å²) in [5.74, 6) is -0.528. The van der Waals surface area contributed by atoms with Crippen LogP contribution in [-0.2, 0) is 27.9 Å². The number of esters is 1. The normalized spacial score (nSPS) is 13.6. The maximum atomic E-state index is 12.0. The van der Waals surface area contributed by atoms with E-state index in [1.807, 2.05) is 0 Å². The van der Waals surface area contributed by atoms with Gasteiger partial charge in [-0.2, -0.15) is 0 Å². The SMILES string of the molecule is CCCCCCCC/C=C\CCCCCCCC(=O)NCCOP(=O)(O)OCC(O)COC(=O)CCCCCCCCCC. The lowest BCUT2D eigenvalue weighted by Gasteiger charge is -2.15. The number of nitrogens with one attached hydrogen (secondary N) is 1. The molecule has 0 aromatic heterocycles. The van der Waals surface area contributed by atoms with Gasteiger partial charge < -0.3 is 20.1 Å². The zero-order valence-corrected chi connectivity index (χ0v) is 29.0. The standard InChI is InChI=1S/C34H66NO8P/c1-3-5-7-9-11-13-14-15-16-17-18-19-20-22-24-26-33(37)35-28-29-42-44(39,40)43-31-32(36)30-41-34(38)27-25-23-21-12-10-8-6-4-2/h15-16,32,36H,3-14,17-31H2,1-2H3,(H,35,37)(H,39,40)/b16-15-. The molecule has 10 heteroatoms. The van der Waals surface area contributed by atoms with Gasteiger partial charge in [-0.1, -0.05) is 122 Å². The van der Waals surface area contributed by atoms with E-state index in [2.05, 4.69) is 31.3 Å². The molecule has 0 aromatic carbocycles. The first-order valence-electron chi connectivity index (χ1n) is 17.7. The summed E-state index contributed by atoms with van der Waals surface area (Å²) in [6.45, 7) is 3.49. The number of rotatable bonds is 33. The predicted octanol–water partition coefficient (Wildman–Crippen LogP) is 8.71. The zero-order valence-electron chi connectivity index (χ0n) is 28.1. The van der Waals surface area contributed by atoms with Gasteiger partial charge in [0.2, 0.25) is 5.91 Å². The average Bonchev–Trinajstić information content (AvgIpc) is 3.00. The summed E-state index contributed by atoms with van der Waals surface area (Å²) >= 11 is 0. The molecule has 3 N–H and O–H groups in total. The second-order valence-electron chi connectivity index (χ2n) is 11.8. The summed E-state index contributed by atoms with van der Waals surface area (Å²) in [4.78, 5) is 33.6. The van der Waals surface area contributed by atoms with Crippen molar-refractivity contribution in [3.8, 4) is 0 Å². The molecule has 0 aliphatic rings. The lowest BCUT2D eigenvalue weighted by atomic mass is 10.1. The van der Waals surface area contributed by atoms with Crippen molar-refractivity contribution in [2.24, 2.45) is 0 Å². The Hall–Kier alpha value is -1.25. The molecule has 0 saturated heterocycles. The summed E-state index contributed by atoms with van der Waals surface area (Å²) < 4.78 is 26.6. The van der Waals surface area contributed by atoms with Crippen molar-refractivity contribution in [2.75, 3.05) is 26.4 Å². The number of phosphoric acid groups is 1. The van der Waals surface area contributed by atoms with Crippen LogP contribution in [0.25, 0.3) is 0 Å². The topological polar surface area (TPSA) is 131 Å². The average molecular weight is 648 g/mol. The van der Waals surface area contributed by atoms with Crippen LogP contribution in [0.5, 0.6) is 0 Å². The van der Waals surface area contributed by atoms with Crippen molar-refractivity contribution in [2.45, 2.75) is 168 Å². The van der Waals surface area contributed by atoms with Crippen molar-refractivity contribution < 1.29 is 37.9 Å². The summed E-state index contributed by atoms with van der Waals surface area (Å²) in [7, 11) is -4.40. The minimum atomic E-state index is -4.40. The van der Waals surface area contributed by atoms with Gasteiger partial charge in [0.1, 0.15) is 12.7 Å². The van der Waals surface area contributed by atoms with Gasteiger partial charge in [0.15, 0.2) is 0 Å². The monoisotopic (exact) mass is 647 g/mol. The maximum absolute atomic E-state index is 12.0. The Balaban J connectivity index is 3.63. The molecule has 0 aliphatic heterocycles. The van der Waals surface area contributed by atoms with Gasteiger partial charge in [0.05, 0.1) is 13.2 Å². The molecule has 2 unspecified atom stereocenters. The summed E-state index contributed by atoms with van der Waals surface area (Å²) in [5, 5.41) is 12.6. The molecule has 0 saturated carbocycles. The maximum Gasteiger partial charge on any atom is 0.472 e. The van der Waals surface area contributed by atoms with E-state index < -0.39 is 26.5 Å². The largest absolute Gasteiger partial charge is 0.472 e. The number of unbranched alkanes of at least 4 members (excludes halogenated alkanes) is 18. The molecule has 0 spiro atoms. The van der Waals surface area contributed by atoms with Crippen molar-refractivity contribution >= 4 is 19.7 Å². The van der Waals surface area contributed by atoms with E-state index in [1.54, 1.807) is 0 Å². The fourth-order valence-corrected chi connectivity index (χ4v) is 5.48. The molecule has 260 valence electrons. The van der Waals surface area contributed by atoms with Gasteiger partial charge in [-0.05, 0) is 38.5 Å². The molecule has 9 nitrogen and oxygen atoms in total. The van der Waals surface area contributed by atoms with E-state index in [4.69, 9.17) is 13.8 Å². The van der Waals surface area contributed by atoms with Crippen molar-refractivity contribution in [1.29, 1.82) is 0 Å². The van der Waals surface area contributed by atoms with Crippen LogP contribution < -0.4 is 5.32 Å². The van der Waals surface area contributed by atoms with Crippen LogP contribution in [0.4, 0.5) is 0 Å². The number of carbonyl (C=O) groups is 2. The molecule has 0 bridgehead atoms. The summed E-state index contributed by atoms with van der Waals surface area (Å²) in [5.41, 5.74) is 0. The van der Waals surface area contributed by atoms with Crippen LogP contribution in [-0.4, -0.2) is 54.3 Å². The number of hydrogen-bond acceptors (Lipinski definition) is 7. The van der Waals surface area contributed by atoms with Crippen molar-refractivity contribution in [3.63, 3.8) is 0 Å². The highest BCUT2D eigenvalue weighted by atomic mass is 31.2. The first-order valence-corrected chi connectivity index (χ1v) is 19.2. The van der Waals surface area contributed by atoms with E-state index in [9.17, 15) is 24.2 Å². The molecule has 1 amide bonds. The van der Waals surface area contributed by atoms with E-state index in [0.717, 1.165) is 44.9 Å². The Bertz CT molecular complexity index is 749. The van der Waals surface area contributed by atoms with Crippen LogP contribution in [0.1, 0.15) is 162 Å². The third-order valence-corrected chi connectivity index (χ3v) is 8.43. The fraction of sp³-hybridized carbons (Fsp3) is 0.882. The van der Waals surface area contributed by atoms with E-state index in [0.29, 0.717) is 6.42 Å². The van der Waals surface area contributed by atoms with Crippen LogP contribution in [0, 0.1) is 0 Å². The third kappa shape index (κ3) is 32.2. The number of hydrogen-bond donors (Lipinski definition) is 3. The van der Waals surface area contributed by atoms with E-state index >= 15 is 0 Å². The van der Waals surface area contributed by atoms with E-state index in [1.165, 1.54) is 89.9 Å². The molecule has 0 radical (unpaired) electrons. The van der Waals surface area contributed by atoms with Crippen LogP contribution in [0.2, 0.25) is 0 Å². The zero-order chi connectivity index (χ0) is 32.6. The fourth-order valence-electron chi connectivity index (χ4n) is 4.73. The first kappa shape index (κ1) is 42.8. The minimum absolute atomic E-state index is 0.0801. The number of phosphoric ester groups is 1. The molecule has 44 heavy (non-hydrogen) atoms. The minimum Gasteiger partial charge on any atom is -0.463 e. The number of amides is 1. The quantitative estimate of drug-likeness (QED) is 0.0279. The molecule has 0 fully saturated rings. The number of aliphatic hydroxyl groups is 1. The van der Waals surface area contributed by atoms with Gasteiger partial charge in [0.25, 0.3) is 0 Å². The van der Waals surface area contributed by atoms with Crippen LogP contribution in [0.15, 0.2) is 12.2 Å². The Labute approximate surface area is 268 Å². The molecular weight excluding hydrogens is 581 g/mol. The Morgan fingerprint density at radius 2 is 1.16 bits per heavy atom. The van der Waals surface area contributed by atoms with Crippen LogP contribution in [0.3, 0.4) is 0 Å². The summed E-state index contributed by atoms with van der Waals surface area (Å²) in [6, 6.07) is 0. The lowest BCUT2D eigenvalue weighted by Crippen LogP contribution is -2.27. The van der Waals surface area contributed by atoms with Crippen LogP contribution >= 0.6 is 7.82 Å². The highest BCUT2D eigenvalue weighted by Gasteiger charge is 2.23. The third-order valence-electron chi connectivity index (χ3n) is 7.45. The highest BCUT2D eigenvalue weighted by Crippen LogP contribution is 2.42. The van der Waals surface area contributed by atoms with Gasteiger partial charge >= 0.3 is 13.8 Å². The highest BCUT2D eigenvalue weighted by molar-refractivity contribution is 7.47. The molecule has 0 aromatic rings. The van der Waals surface area contributed by atoms with Crippen molar-refractivity contribution in [1.82, 2.24) is 5.32 Å². The Kier molecular flexibility index (Phi) is 30.8. The van der Waals surface area contributed by atoms with Gasteiger partial charge in [-0.25, -0.2) is 4.57 Å². The summed E-state index contributed by atoms with van der Waals surface area (Å²) in [6.07, 6.45) is 28.7. The van der Waals surface area contributed by atoms with Gasteiger partial charge in [-0.3, -0.25) is 18.6 Å². The van der Waals surface area contributed by atoms with E-state index in [-0.39, 0.29) is 32.1 Å². The second kappa shape index (κ2) is 31.7. The number of allylic oxidation sites excluding steroid dienone is 2. The molecule has 0 rings (SSSR count). The molecular formula is C34H66NO8P. The number of aliphatic hydroxyl groups excluding tert-OH is 1. The molecule has 2 atom stereocenters. The Morgan fingerprint density at radius 1 is 0.682 bits per heavy atom. The predicted molar refractivity (Wildman–Crippen MR) is 178 cm³/mol. The van der Waals surface area contributed by atoms with Gasteiger partial charge in [0, 0.05) is 19.4 Å². The number of ether oxygens (including phenoxy) is 1.